The predicted octanol–water partition coefficient (Wildman–Crippen LogP) is 13.6. The van der Waals surface area contributed by atoms with E-state index >= 15 is 0 Å². The average molecular weight is 677 g/mol. The summed E-state index contributed by atoms with van der Waals surface area (Å²) < 4.78 is 0. The molecule has 1 unspecified atom stereocenters. The normalized spacial score (nSPS) is 11.9. The maximum absolute atomic E-state index is 12.1. The Morgan fingerprint density at radius 2 is 0.833 bits per heavy atom. The van der Waals surface area contributed by atoms with Gasteiger partial charge in [0.2, 0.25) is 5.91 Å². The molecule has 0 aromatic heterocycles. The molecule has 0 rings (SSSR count). The minimum absolute atomic E-state index is 0.261. The van der Waals surface area contributed by atoms with E-state index in [-0.39, 0.29) is 5.91 Å². The Bertz CT molecular complexity index is 623. The molecule has 0 spiro atoms. The lowest BCUT2D eigenvalue weighted by Crippen LogP contribution is -2.24. The number of rotatable bonds is 39. The summed E-state index contributed by atoms with van der Waals surface area (Å²) in [5.41, 5.74) is 0. The van der Waals surface area contributed by atoms with Crippen molar-refractivity contribution in [3.63, 3.8) is 0 Å². The van der Waals surface area contributed by atoms with E-state index in [1.54, 1.807) is 0 Å². The fourth-order valence-corrected chi connectivity index (χ4v) is 6.57. The second-order valence-electron chi connectivity index (χ2n) is 14.8. The van der Waals surface area contributed by atoms with Gasteiger partial charge in [0.05, 0.1) is 0 Å². The van der Waals surface area contributed by atoms with Crippen LogP contribution in [0.25, 0.3) is 0 Å². The molecule has 0 heterocycles. The number of unbranched alkanes of at least 4 members (excludes halogenated alkanes) is 25. The van der Waals surface area contributed by atoms with Crippen LogP contribution in [0.5, 0.6) is 0 Å². The van der Waals surface area contributed by atoms with E-state index in [1.165, 1.54) is 199 Å². The van der Waals surface area contributed by atoms with E-state index in [4.69, 9.17) is 4.79 Å². The van der Waals surface area contributed by atoms with Gasteiger partial charge in [-0.3, -0.25) is 4.79 Å². The van der Waals surface area contributed by atoms with E-state index in [0.29, 0.717) is 6.42 Å². The second kappa shape index (κ2) is 45.8. The molecule has 0 saturated heterocycles. The first kappa shape index (κ1) is 49.0. The molecule has 0 aliphatic heterocycles. The van der Waals surface area contributed by atoms with Crippen molar-refractivity contribution in [2.24, 2.45) is 5.92 Å². The van der Waals surface area contributed by atoms with E-state index < -0.39 is 0 Å². The SMILES string of the molecule is C=O.CCCCCCCCC/C=C\CCCCCCCNCCCCCCC(=O)NCCCCCCCC(C)CCCCCCCCC. The van der Waals surface area contributed by atoms with E-state index in [2.05, 4.69) is 43.6 Å². The van der Waals surface area contributed by atoms with Crippen molar-refractivity contribution in [1.29, 1.82) is 0 Å². The van der Waals surface area contributed by atoms with Crippen LogP contribution in [-0.2, 0) is 9.59 Å². The second-order valence-corrected chi connectivity index (χ2v) is 14.8. The number of nitrogens with one attached hydrogen (secondary N) is 2. The number of hydrogen-bond acceptors (Lipinski definition) is 3. The number of allylic oxidation sites excluding steroid dienone is 2. The van der Waals surface area contributed by atoms with Crippen LogP contribution >= 0.6 is 0 Å². The predicted molar refractivity (Wildman–Crippen MR) is 215 cm³/mol. The quantitative estimate of drug-likeness (QED) is 0.0503. The molecule has 4 heteroatoms. The zero-order valence-corrected chi connectivity index (χ0v) is 33.2. The Morgan fingerprint density at radius 3 is 1.29 bits per heavy atom. The molecule has 0 fully saturated rings. The maximum atomic E-state index is 12.1. The van der Waals surface area contributed by atoms with Crippen LogP contribution in [0.1, 0.15) is 233 Å². The van der Waals surface area contributed by atoms with E-state index in [1.807, 2.05) is 6.79 Å². The van der Waals surface area contributed by atoms with Crippen LogP contribution in [-0.4, -0.2) is 32.3 Å². The van der Waals surface area contributed by atoms with Gasteiger partial charge >= 0.3 is 0 Å². The van der Waals surface area contributed by atoms with Gasteiger partial charge in [-0.1, -0.05) is 187 Å². The van der Waals surface area contributed by atoms with Gasteiger partial charge in [-0.15, -0.1) is 0 Å². The van der Waals surface area contributed by atoms with Crippen LogP contribution < -0.4 is 10.6 Å². The highest BCUT2D eigenvalue weighted by atomic mass is 16.1. The Morgan fingerprint density at radius 1 is 0.479 bits per heavy atom. The molecule has 0 aromatic carbocycles. The molecule has 0 saturated carbocycles. The molecule has 2 N–H and O–H groups in total. The van der Waals surface area contributed by atoms with Gasteiger partial charge in [-0.25, -0.2) is 0 Å². The fraction of sp³-hybridized carbons (Fsp3) is 0.909. The van der Waals surface area contributed by atoms with Gasteiger partial charge in [0.1, 0.15) is 6.79 Å². The van der Waals surface area contributed by atoms with Crippen LogP contribution in [0.4, 0.5) is 0 Å². The molecule has 1 atom stereocenters. The standard InChI is InChI=1S/C43H86N2O.CH2O/c1-4-6-8-10-12-13-14-15-16-17-18-19-20-22-27-33-39-44-40-34-29-26-32-38-43(46)45-41-35-28-23-25-31-37-42(3)36-30-24-21-11-9-7-5-2;1-2/h16-17,42,44H,4-15,18-41H2,1-3H3,(H,45,46);1H2/b17-16-;. The average Bonchev–Trinajstić information content (AvgIpc) is 3.10. The highest BCUT2D eigenvalue weighted by Crippen LogP contribution is 2.18. The summed E-state index contributed by atoms with van der Waals surface area (Å²) in [6, 6.07) is 0. The molecular weight excluding hydrogens is 588 g/mol. The third-order valence-electron chi connectivity index (χ3n) is 9.87. The summed E-state index contributed by atoms with van der Waals surface area (Å²) >= 11 is 0. The highest BCUT2D eigenvalue weighted by Gasteiger charge is 2.03. The highest BCUT2D eigenvalue weighted by molar-refractivity contribution is 5.75. The van der Waals surface area contributed by atoms with Gasteiger partial charge in [-0.2, -0.15) is 0 Å². The molecule has 48 heavy (non-hydrogen) atoms. The molecule has 0 aliphatic carbocycles. The lowest BCUT2D eigenvalue weighted by Gasteiger charge is -2.11. The van der Waals surface area contributed by atoms with Crippen molar-refractivity contribution in [2.75, 3.05) is 19.6 Å². The molecule has 0 bridgehead atoms. The Kier molecular flexibility index (Phi) is 46.7. The Labute approximate surface area is 302 Å². The van der Waals surface area contributed by atoms with E-state index in [9.17, 15) is 4.79 Å². The van der Waals surface area contributed by atoms with Gasteiger partial charge in [-0.05, 0) is 70.4 Å². The van der Waals surface area contributed by atoms with Crippen LogP contribution in [0, 0.1) is 5.92 Å². The van der Waals surface area contributed by atoms with Crippen molar-refractivity contribution in [2.45, 2.75) is 233 Å². The third-order valence-corrected chi connectivity index (χ3v) is 9.87. The van der Waals surface area contributed by atoms with Gasteiger partial charge in [0.25, 0.3) is 0 Å². The number of carbonyl (C=O) groups is 2. The lowest BCUT2D eigenvalue weighted by atomic mass is 9.96. The van der Waals surface area contributed by atoms with Gasteiger partial charge < -0.3 is 15.4 Å². The number of amides is 1. The molecule has 0 aliphatic rings. The first-order valence-corrected chi connectivity index (χ1v) is 21.6. The van der Waals surface area contributed by atoms with Crippen LogP contribution in [0.15, 0.2) is 12.2 Å². The molecule has 0 aromatic rings. The molecular formula is C44H88N2O2. The summed E-state index contributed by atoms with van der Waals surface area (Å²) in [6.45, 7) is 12.2. The zero-order valence-electron chi connectivity index (χ0n) is 33.2. The minimum atomic E-state index is 0.261. The summed E-state index contributed by atoms with van der Waals surface area (Å²) in [7, 11) is 0. The first-order chi connectivity index (χ1) is 23.7. The topological polar surface area (TPSA) is 58.2 Å². The van der Waals surface area contributed by atoms with Crippen LogP contribution in [0.2, 0.25) is 0 Å². The number of carbonyl (C=O) groups excluding carboxylic acids is 2. The third kappa shape index (κ3) is 44.8. The minimum Gasteiger partial charge on any atom is -0.356 e. The smallest absolute Gasteiger partial charge is 0.219 e. The summed E-state index contributed by atoms with van der Waals surface area (Å²) in [5, 5.41) is 6.77. The maximum Gasteiger partial charge on any atom is 0.219 e. The first-order valence-electron chi connectivity index (χ1n) is 21.6. The van der Waals surface area contributed by atoms with Crippen molar-refractivity contribution in [3.05, 3.63) is 12.2 Å². The van der Waals surface area contributed by atoms with Gasteiger partial charge in [0.15, 0.2) is 0 Å². The van der Waals surface area contributed by atoms with Crippen molar-refractivity contribution >= 4 is 12.7 Å². The zero-order chi connectivity index (χ0) is 35.4. The largest absolute Gasteiger partial charge is 0.356 e. The van der Waals surface area contributed by atoms with E-state index in [0.717, 1.165) is 31.8 Å². The monoisotopic (exact) mass is 677 g/mol. The summed E-state index contributed by atoms with van der Waals surface area (Å²) in [6.07, 6.45) is 48.8. The lowest BCUT2D eigenvalue weighted by molar-refractivity contribution is -0.121. The Hall–Kier alpha value is -1.16. The molecule has 1 amide bonds. The summed E-state index contributed by atoms with van der Waals surface area (Å²) in [5.74, 6) is 1.16. The molecule has 0 radical (unpaired) electrons. The van der Waals surface area contributed by atoms with Crippen molar-refractivity contribution in [1.82, 2.24) is 10.6 Å². The molecule has 4 nitrogen and oxygen atoms in total. The Balaban J connectivity index is 0. The van der Waals surface area contributed by atoms with Gasteiger partial charge in [0, 0.05) is 13.0 Å². The van der Waals surface area contributed by atoms with Crippen molar-refractivity contribution < 1.29 is 9.59 Å². The fourth-order valence-electron chi connectivity index (χ4n) is 6.57. The number of hydrogen-bond donors (Lipinski definition) is 2. The van der Waals surface area contributed by atoms with Crippen molar-refractivity contribution in [3.8, 4) is 0 Å². The van der Waals surface area contributed by atoms with Crippen LogP contribution in [0.3, 0.4) is 0 Å². The molecule has 286 valence electrons. The summed E-state index contributed by atoms with van der Waals surface area (Å²) in [4.78, 5) is 20.1.